The molecule has 0 saturated carbocycles. The van der Waals surface area contributed by atoms with E-state index < -0.39 is 5.91 Å². The van der Waals surface area contributed by atoms with Gasteiger partial charge < -0.3 is 9.47 Å². The fourth-order valence-corrected chi connectivity index (χ4v) is 3.66. The van der Waals surface area contributed by atoms with Gasteiger partial charge in [-0.05, 0) is 77.3 Å². The molecule has 8 heteroatoms. The maximum absolute atomic E-state index is 12.7. The lowest BCUT2D eigenvalue weighted by molar-refractivity contribution is 0.0943. The summed E-state index contributed by atoms with van der Waals surface area (Å²) in [4.78, 5) is 12.7. The van der Waals surface area contributed by atoms with Crippen LogP contribution in [-0.4, -0.2) is 22.8 Å². The second kappa shape index (κ2) is 9.82. The predicted octanol–water partition coefficient (Wildman–Crippen LogP) is 5.75. The molecule has 0 bridgehead atoms. The number of rotatable bonds is 6. The number of hydrogen-bond donors (Lipinski definition) is 0. The van der Waals surface area contributed by atoms with E-state index in [0.717, 1.165) is 5.56 Å². The van der Waals surface area contributed by atoms with E-state index in [4.69, 9.17) is 21.1 Å². The smallest absolute Gasteiger partial charge is 0.289 e. The number of ether oxygens (including phenoxy) is 2. The van der Waals surface area contributed by atoms with E-state index in [1.165, 1.54) is 17.9 Å². The molecular formula is C23H19BrClN3O3. The second-order valence-corrected chi connectivity index (χ2v) is 8.05. The number of nitrogens with zero attached hydrogens (tertiary/aromatic N) is 3. The summed E-state index contributed by atoms with van der Waals surface area (Å²) in [6.07, 6.45) is 1.50. The van der Waals surface area contributed by atoms with Gasteiger partial charge in [0.2, 0.25) is 0 Å². The summed E-state index contributed by atoms with van der Waals surface area (Å²) < 4.78 is 13.2. The summed E-state index contributed by atoms with van der Waals surface area (Å²) in [6, 6.07) is 14.5. The number of aryl methyl sites for hydroxylation is 2. The molecule has 3 aromatic rings. The summed E-state index contributed by atoms with van der Waals surface area (Å²) in [7, 11) is 1.52. The zero-order valence-corrected chi connectivity index (χ0v) is 19.5. The van der Waals surface area contributed by atoms with Gasteiger partial charge in [0.25, 0.3) is 5.91 Å². The lowest BCUT2D eigenvalue weighted by atomic mass is 10.1. The molecule has 0 saturated heterocycles. The van der Waals surface area contributed by atoms with Crippen molar-refractivity contribution in [3.63, 3.8) is 0 Å². The molecule has 0 radical (unpaired) electrons. The maximum atomic E-state index is 12.7. The van der Waals surface area contributed by atoms with Crippen LogP contribution in [0, 0.1) is 25.2 Å². The first-order chi connectivity index (χ1) is 14.8. The Kier molecular flexibility index (Phi) is 7.16. The van der Waals surface area contributed by atoms with Crippen molar-refractivity contribution in [3.8, 4) is 17.6 Å². The Morgan fingerprint density at radius 2 is 1.97 bits per heavy atom. The van der Waals surface area contributed by atoms with Crippen LogP contribution in [0.25, 0.3) is 6.08 Å². The summed E-state index contributed by atoms with van der Waals surface area (Å²) in [5.41, 5.74) is 2.87. The molecule has 0 N–H and O–H groups in total. The zero-order chi connectivity index (χ0) is 22.5. The zero-order valence-electron chi connectivity index (χ0n) is 17.1. The molecule has 158 valence electrons. The van der Waals surface area contributed by atoms with Gasteiger partial charge in [-0.1, -0.05) is 23.7 Å². The molecule has 3 rings (SSSR count). The van der Waals surface area contributed by atoms with Crippen LogP contribution < -0.4 is 9.47 Å². The minimum atomic E-state index is -0.494. The van der Waals surface area contributed by atoms with Crippen LogP contribution in [0.2, 0.25) is 5.02 Å². The van der Waals surface area contributed by atoms with Gasteiger partial charge in [0.15, 0.2) is 11.5 Å². The number of allylic oxidation sites excluding steroid dienone is 1. The third kappa shape index (κ3) is 5.35. The quantitative estimate of drug-likeness (QED) is 0.318. The number of carbonyl (C=O) groups excluding carboxylic acids is 1. The first kappa shape index (κ1) is 22.6. The van der Waals surface area contributed by atoms with Crippen LogP contribution >= 0.6 is 27.5 Å². The first-order valence-corrected chi connectivity index (χ1v) is 10.4. The maximum Gasteiger partial charge on any atom is 0.289 e. The molecule has 2 aromatic carbocycles. The van der Waals surface area contributed by atoms with Crippen LogP contribution in [0.3, 0.4) is 0 Å². The molecule has 0 aliphatic heterocycles. The number of methoxy groups -OCH3 is 1. The van der Waals surface area contributed by atoms with Crippen molar-refractivity contribution in [2.24, 2.45) is 0 Å². The molecule has 0 atom stereocenters. The van der Waals surface area contributed by atoms with E-state index in [1.807, 2.05) is 18.2 Å². The number of nitriles is 1. The van der Waals surface area contributed by atoms with Gasteiger partial charge in [-0.2, -0.15) is 10.4 Å². The van der Waals surface area contributed by atoms with Crippen molar-refractivity contribution in [2.45, 2.75) is 20.5 Å². The normalized spacial score (nSPS) is 11.2. The van der Waals surface area contributed by atoms with Crippen LogP contribution in [0.1, 0.15) is 27.3 Å². The topological polar surface area (TPSA) is 77.1 Å². The lowest BCUT2D eigenvalue weighted by Gasteiger charge is -2.14. The summed E-state index contributed by atoms with van der Waals surface area (Å²) in [5.74, 6) is 0.481. The van der Waals surface area contributed by atoms with Crippen molar-refractivity contribution in [2.75, 3.05) is 7.11 Å². The lowest BCUT2D eigenvalue weighted by Crippen LogP contribution is -2.15. The molecule has 6 nitrogen and oxygen atoms in total. The molecule has 0 spiro atoms. The van der Waals surface area contributed by atoms with Crippen LogP contribution in [0.5, 0.6) is 11.5 Å². The number of halogens is 2. The Morgan fingerprint density at radius 1 is 1.26 bits per heavy atom. The fourth-order valence-electron chi connectivity index (χ4n) is 2.96. The summed E-state index contributed by atoms with van der Waals surface area (Å²) >= 11 is 9.41. The van der Waals surface area contributed by atoms with E-state index in [2.05, 4.69) is 21.0 Å². The highest BCUT2D eigenvalue weighted by atomic mass is 79.9. The second-order valence-electron chi connectivity index (χ2n) is 6.76. The van der Waals surface area contributed by atoms with Gasteiger partial charge in [0.1, 0.15) is 18.2 Å². The number of benzene rings is 2. The third-order valence-electron chi connectivity index (χ3n) is 4.41. The van der Waals surface area contributed by atoms with E-state index in [0.29, 0.717) is 44.6 Å². The largest absolute Gasteiger partial charge is 0.493 e. The predicted molar refractivity (Wildman–Crippen MR) is 122 cm³/mol. The number of carbonyl (C=O) groups is 1. The molecule has 1 heterocycles. The number of hydrogen-bond acceptors (Lipinski definition) is 5. The van der Waals surface area contributed by atoms with Gasteiger partial charge in [0, 0.05) is 10.7 Å². The molecule has 1 aromatic heterocycles. The number of aromatic nitrogens is 2. The Hall–Kier alpha value is -3.08. The van der Waals surface area contributed by atoms with E-state index >= 15 is 0 Å². The highest BCUT2D eigenvalue weighted by Gasteiger charge is 2.17. The summed E-state index contributed by atoms with van der Waals surface area (Å²) in [6.45, 7) is 3.87. The van der Waals surface area contributed by atoms with E-state index in [-0.39, 0.29) is 5.57 Å². The Labute approximate surface area is 193 Å². The molecular weight excluding hydrogens is 482 g/mol. The van der Waals surface area contributed by atoms with Crippen LogP contribution in [0.4, 0.5) is 0 Å². The van der Waals surface area contributed by atoms with Crippen molar-refractivity contribution in [1.82, 2.24) is 9.78 Å². The minimum absolute atomic E-state index is 0.0463. The van der Waals surface area contributed by atoms with Crippen molar-refractivity contribution in [1.29, 1.82) is 5.26 Å². The van der Waals surface area contributed by atoms with Gasteiger partial charge in [-0.3, -0.25) is 4.79 Å². The Balaban J connectivity index is 1.88. The monoisotopic (exact) mass is 499 g/mol. The third-order valence-corrected chi connectivity index (χ3v) is 5.25. The average Bonchev–Trinajstić information content (AvgIpc) is 3.09. The van der Waals surface area contributed by atoms with Gasteiger partial charge in [0.05, 0.1) is 17.3 Å². The molecule has 0 aliphatic carbocycles. The molecule has 0 unspecified atom stereocenters. The Bertz CT molecular complexity index is 1190. The highest BCUT2D eigenvalue weighted by molar-refractivity contribution is 9.10. The Morgan fingerprint density at radius 3 is 2.55 bits per heavy atom. The van der Waals surface area contributed by atoms with Crippen molar-refractivity contribution < 1.29 is 14.3 Å². The van der Waals surface area contributed by atoms with E-state index in [9.17, 15) is 10.1 Å². The SMILES string of the molecule is COc1cc(/C=C(\C#N)C(=O)n2nc(C)cc2C)cc(Br)c1OCc1ccc(Cl)cc1. The minimum Gasteiger partial charge on any atom is -0.493 e. The van der Waals surface area contributed by atoms with E-state index in [1.54, 1.807) is 44.2 Å². The standard InChI is InChI=1S/C23H19BrClN3O3/c1-14-8-15(2)28(27-14)23(29)18(12-26)9-17-10-20(24)22(21(11-17)30-3)31-13-16-4-6-19(25)7-5-16/h4-11H,13H2,1-3H3/b18-9+. The van der Waals surface area contributed by atoms with Crippen LogP contribution in [-0.2, 0) is 6.61 Å². The molecule has 0 fully saturated rings. The summed E-state index contributed by atoms with van der Waals surface area (Å²) in [5, 5.41) is 14.4. The van der Waals surface area contributed by atoms with Gasteiger partial charge >= 0.3 is 0 Å². The molecule has 0 aliphatic rings. The van der Waals surface area contributed by atoms with Gasteiger partial charge in [-0.25, -0.2) is 4.68 Å². The molecule has 31 heavy (non-hydrogen) atoms. The van der Waals surface area contributed by atoms with Gasteiger partial charge in [-0.15, -0.1) is 0 Å². The molecule has 0 amide bonds. The first-order valence-electron chi connectivity index (χ1n) is 9.27. The fraction of sp³-hybridized carbons (Fsp3) is 0.174. The van der Waals surface area contributed by atoms with Crippen molar-refractivity contribution >= 4 is 39.5 Å². The van der Waals surface area contributed by atoms with Crippen molar-refractivity contribution in [3.05, 3.63) is 80.0 Å². The van der Waals surface area contributed by atoms with Crippen LogP contribution in [0.15, 0.2) is 52.5 Å². The average molecular weight is 501 g/mol. The highest BCUT2D eigenvalue weighted by Crippen LogP contribution is 2.38.